The summed E-state index contributed by atoms with van der Waals surface area (Å²) in [6, 6.07) is 12.1. The molecule has 0 atom stereocenters. The Morgan fingerprint density at radius 3 is 2.40 bits per heavy atom. The molecule has 20 heavy (non-hydrogen) atoms. The zero-order valence-electron chi connectivity index (χ0n) is 12.2. The lowest BCUT2D eigenvalue weighted by Crippen LogP contribution is -1.96. The van der Waals surface area contributed by atoms with Crippen LogP contribution in [0.15, 0.2) is 35.2 Å². The Morgan fingerprint density at radius 1 is 1.05 bits per heavy atom. The van der Waals surface area contributed by atoms with Crippen molar-refractivity contribution in [1.82, 2.24) is 0 Å². The predicted molar refractivity (Wildman–Crippen MR) is 83.7 cm³/mol. The number of ether oxygens (including phenoxy) is 1. The van der Waals surface area contributed by atoms with E-state index in [1.165, 1.54) is 5.56 Å². The van der Waals surface area contributed by atoms with Gasteiger partial charge in [0.2, 0.25) is 0 Å². The molecule has 2 aromatic rings. The SMILES string of the molecule is CSc1cccc(Oc2c(C)ccc(C)c2C)c1C#N. The summed E-state index contributed by atoms with van der Waals surface area (Å²) >= 11 is 1.55. The highest BCUT2D eigenvalue weighted by atomic mass is 32.2. The van der Waals surface area contributed by atoms with E-state index < -0.39 is 0 Å². The maximum Gasteiger partial charge on any atom is 0.146 e. The number of nitriles is 1. The smallest absolute Gasteiger partial charge is 0.146 e. The van der Waals surface area contributed by atoms with Gasteiger partial charge in [-0.25, -0.2) is 0 Å². The molecule has 0 unspecified atom stereocenters. The van der Waals surface area contributed by atoms with Gasteiger partial charge in [0.15, 0.2) is 0 Å². The molecule has 2 nitrogen and oxygen atoms in total. The fourth-order valence-electron chi connectivity index (χ4n) is 2.07. The molecule has 0 bridgehead atoms. The average molecular weight is 283 g/mol. The van der Waals surface area contributed by atoms with Gasteiger partial charge in [0.1, 0.15) is 23.1 Å². The molecule has 0 N–H and O–H groups in total. The number of thioether (sulfide) groups is 1. The molecule has 0 aliphatic heterocycles. The van der Waals surface area contributed by atoms with E-state index in [1.807, 2.05) is 44.4 Å². The first kappa shape index (κ1) is 14.5. The highest BCUT2D eigenvalue weighted by molar-refractivity contribution is 7.98. The fraction of sp³-hybridized carbons (Fsp3) is 0.235. The van der Waals surface area contributed by atoms with Gasteiger partial charge in [0.25, 0.3) is 0 Å². The average Bonchev–Trinajstić information content (AvgIpc) is 2.47. The first-order valence-corrected chi connectivity index (χ1v) is 7.62. The molecule has 3 heteroatoms. The lowest BCUT2D eigenvalue weighted by Gasteiger charge is -2.15. The van der Waals surface area contributed by atoms with Crippen molar-refractivity contribution >= 4 is 11.8 Å². The van der Waals surface area contributed by atoms with Crippen LogP contribution in [0.1, 0.15) is 22.3 Å². The monoisotopic (exact) mass is 283 g/mol. The third kappa shape index (κ3) is 2.66. The summed E-state index contributed by atoms with van der Waals surface area (Å²) in [5.41, 5.74) is 3.97. The minimum Gasteiger partial charge on any atom is -0.455 e. The minimum absolute atomic E-state index is 0.598. The molecule has 0 heterocycles. The molecule has 2 aromatic carbocycles. The molecule has 0 aliphatic carbocycles. The van der Waals surface area contributed by atoms with Crippen LogP contribution in [0.4, 0.5) is 0 Å². The highest BCUT2D eigenvalue weighted by Gasteiger charge is 2.13. The van der Waals surface area contributed by atoms with Crippen molar-refractivity contribution < 1.29 is 4.74 Å². The van der Waals surface area contributed by atoms with E-state index in [1.54, 1.807) is 11.8 Å². The molecule has 2 rings (SSSR count). The maximum absolute atomic E-state index is 9.36. The first-order valence-electron chi connectivity index (χ1n) is 6.40. The highest BCUT2D eigenvalue weighted by Crippen LogP contribution is 2.35. The topological polar surface area (TPSA) is 33.0 Å². The molecule has 0 saturated carbocycles. The normalized spacial score (nSPS) is 10.2. The summed E-state index contributed by atoms with van der Waals surface area (Å²) in [5.74, 6) is 1.47. The molecular weight excluding hydrogens is 266 g/mol. The lowest BCUT2D eigenvalue weighted by molar-refractivity contribution is 0.471. The third-order valence-corrected chi connectivity index (χ3v) is 4.19. The zero-order chi connectivity index (χ0) is 14.7. The quantitative estimate of drug-likeness (QED) is 0.743. The lowest BCUT2D eigenvalue weighted by atomic mass is 10.1. The summed E-state index contributed by atoms with van der Waals surface area (Å²) < 4.78 is 6.05. The Hall–Kier alpha value is -1.92. The van der Waals surface area contributed by atoms with Crippen molar-refractivity contribution in [3.63, 3.8) is 0 Å². The van der Waals surface area contributed by atoms with Crippen LogP contribution in [-0.2, 0) is 0 Å². The number of aryl methyl sites for hydroxylation is 2. The van der Waals surface area contributed by atoms with Gasteiger partial charge in [-0.2, -0.15) is 5.26 Å². The van der Waals surface area contributed by atoms with Crippen molar-refractivity contribution in [3.8, 4) is 17.6 Å². The molecule has 102 valence electrons. The van der Waals surface area contributed by atoms with E-state index in [0.29, 0.717) is 11.3 Å². The van der Waals surface area contributed by atoms with Gasteiger partial charge in [-0.15, -0.1) is 11.8 Å². The van der Waals surface area contributed by atoms with Crippen LogP contribution >= 0.6 is 11.8 Å². The fourth-order valence-corrected chi connectivity index (χ4v) is 2.63. The van der Waals surface area contributed by atoms with Gasteiger partial charge in [-0.1, -0.05) is 18.2 Å². The molecule has 0 spiro atoms. The van der Waals surface area contributed by atoms with Crippen molar-refractivity contribution in [2.24, 2.45) is 0 Å². The predicted octanol–water partition coefficient (Wildman–Crippen LogP) is 5.00. The Morgan fingerprint density at radius 2 is 1.75 bits per heavy atom. The van der Waals surface area contributed by atoms with Gasteiger partial charge in [0, 0.05) is 4.90 Å². The maximum atomic E-state index is 9.36. The number of benzene rings is 2. The van der Waals surface area contributed by atoms with Crippen molar-refractivity contribution in [3.05, 3.63) is 52.6 Å². The summed E-state index contributed by atoms with van der Waals surface area (Å²) in [6.45, 7) is 6.12. The Kier molecular flexibility index (Phi) is 4.36. The summed E-state index contributed by atoms with van der Waals surface area (Å²) in [4.78, 5) is 0.938. The van der Waals surface area contributed by atoms with E-state index in [0.717, 1.165) is 21.8 Å². The van der Waals surface area contributed by atoms with Crippen LogP contribution in [-0.4, -0.2) is 6.26 Å². The Labute approximate surface area is 124 Å². The largest absolute Gasteiger partial charge is 0.455 e. The van der Waals surface area contributed by atoms with Crippen LogP contribution in [0.5, 0.6) is 11.5 Å². The summed E-state index contributed by atoms with van der Waals surface area (Å²) in [7, 11) is 0. The van der Waals surface area contributed by atoms with Crippen LogP contribution in [0, 0.1) is 32.1 Å². The van der Waals surface area contributed by atoms with Crippen molar-refractivity contribution in [2.45, 2.75) is 25.7 Å². The third-order valence-electron chi connectivity index (χ3n) is 3.41. The molecule has 0 amide bonds. The second-order valence-electron chi connectivity index (χ2n) is 4.70. The minimum atomic E-state index is 0.598. The molecule has 0 saturated heterocycles. The van der Waals surface area contributed by atoms with E-state index >= 15 is 0 Å². The van der Waals surface area contributed by atoms with E-state index in [4.69, 9.17) is 4.74 Å². The van der Waals surface area contributed by atoms with Crippen LogP contribution < -0.4 is 4.74 Å². The number of hydrogen-bond donors (Lipinski definition) is 0. The van der Waals surface area contributed by atoms with E-state index in [9.17, 15) is 5.26 Å². The van der Waals surface area contributed by atoms with E-state index in [-0.39, 0.29) is 0 Å². The van der Waals surface area contributed by atoms with E-state index in [2.05, 4.69) is 19.1 Å². The number of nitrogens with zero attached hydrogens (tertiary/aromatic N) is 1. The van der Waals surface area contributed by atoms with Gasteiger partial charge in [0.05, 0.1) is 0 Å². The first-order chi connectivity index (χ1) is 9.58. The number of rotatable bonds is 3. The van der Waals surface area contributed by atoms with Gasteiger partial charge in [-0.05, 0) is 55.9 Å². The van der Waals surface area contributed by atoms with Crippen molar-refractivity contribution in [2.75, 3.05) is 6.26 Å². The van der Waals surface area contributed by atoms with Gasteiger partial charge < -0.3 is 4.74 Å². The second-order valence-corrected chi connectivity index (χ2v) is 5.55. The van der Waals surface area contributed by atoms with Crippen LogP contribution in [0.25, 0.3) is 0 Å². The molecular formula is C17H17NOS. The molecule has 0 radical (unpaired) electrons. The summed E-state index contributed by atoms with van der Waals surface area (Å²) in [6.07, 6.45) is 1.96. The Bertz CT molecular complexity index is 686. The molecule has 0 aliphatic rings. The molecule has 0 aromatic heterocycles. The summed E-state index contributed by atoms with van der Waals surface area (Å²) in [5, 5.41) is 9.36. The van der Waals surface area contributed by atoms with Gasteiger partial charge in [-0.3, -0.25) is 0 Å². The zero-order valence-corrected chi connectivity index (χ0v) is 13.0. The second kappa shape index (κ2) is 6.02. The Balaban J connectivity index is 2.52. The van der Waals surface area contributed by atoms with Crippen LogP contribution in [0.3, 0.4) is 0 Å². The number of hydrogen-bond acceptors (Lipinski definition) is 3. The van der Waals surface area contributed by atoms with Crippen molar-refractivity contribution in [1.29, 1.82) is 5.26 Å². The standard InChI is InChI=1S/C17H17NOS/c1-11-8-9-12(2)17(13(11)3)19-15-6-5-7-16(20-4)14(15)10-18/h5-9H,1-4H3. The van der Waals surface area contributed by atoms with Crippen LogP contribution in [0.2, 0.25) is 0 Å². The molecule has 0 fully saturated rings. The van der Waals surface area contributed by atoms with Gasteiger partial charge >= 0.3 is 0 Å².